The third kappa shape index (κ3) is 1.93. The quantitative estimate of drug-likeness (QED) is 0.902. The first-order chi connectivity index (χ1) is 9.13. The number of rotatable bonds is 3. The summed E-state index contributed by atoms with van der Waals surface area (Å²) in [6.07, 6.45) is 1.50. The summed E-state index contributed by atoms with van der Waals surface area (Å²) in [6.45, 7) is 2.08. The highest BCUT2D eigenvalue weighted by Gasteiger charge is 2.51. The first-order valence-corrected chi connectivity index (χ1v) is 6.53. The fourth-order valence-electron chi connectivity index (χ4n) is 2.63. The molecule has 0 unspecified atom stereocenters. The van der Waals surface area contributed by atoms with Crippen molar-refractivity contribution in [2.75, 3.05) is 0 Å². The molecule has 1 N–H and O–H groups in total. The molecule has 0 amide bonds. The summed E-state index contributed by atoms with van der Waals surface area (Å²) in [5, 5.41) is 9.37. The van der Waals surface area contributed by atoms with Gasteiger partial charge in [-0.2, -0.15) is 0 Å². The van der Waals surface area contributed by atoms with Crippen molar-refractivity contribution in [1.29, 1.82) is 0 Å². The van der Waals surface area contributed by atoms with Gasteiger partial charge in [0.15, 0.2) is 0 Å². The zero-order valence-electron chi connectivity index (χ0n) is 10.9. The zero-order chi connectivity index (χ0) is 13.5. The van der Waals surface area contributed by atoms with Crippen molar-refractivity contribution in [3.05, 3.63) is 59.7 Å². The molecule has 0 heterocycles. The van der Waals surface area contributed by atoms with Crippen LogP contribution in [0.15, 0.2) is 48.5 Å². The van der Waals surface area contributed by atoms with E-state index in [0.717, 1.165) is 24.0 Å². The Morgan fingerprint density at radius 1 is 1.11 bits per heavy atom. The van der Waals surface area contributed by atoms with Crippen LogP contribution in [0.25, 0.3) is 11.1 Å². The molecule has 0 bridgehead atoms. The Balaban J connectivity index is 2.07. The van der Waals surface area contributed by atoms with E-state index in [-0.39, 0.29) is 0 Å². The Kier molecular flexibility index (Phi) is 2.67. The van der Waals surface area contributed by atoms with Crippen LogP contribution in [0.5, 0.6) is 0 Å². The van der Waals surface area contributed by atoms with Gasteiger partial charge in [-0.3, -0.25) is 4.79 Å². The van der Waals surface area contributed by atoms with Crippen LogP contribution in [0, 0.1) is 6.92 Å². The van der Waals surface area contributed by atoms with Crippen LogP contribution in [-0.2, 0) is 10.2 Å². The molecule has 0 spiro atoms. The Bertz CT molecular complexity index is 639. The Hall–Kier alpha value is -2.09. The van der Waals surface area contributed by atoms with Gasteiger partial charge >= 0.3 is 5.97 Å². The smallest absolute Gasteiger partial charge is 0.314 e. The third-order valence-corrected chi connectivity index (χ3v) is 4.03. The number of carbonyl (C=O) groups is 1. The fraction of sp³-hybridized carbons (Fsp3) is 0.235. The normalized spacial score (nSPS) is 16.1. The highest BCUT2D eigenvalue weighted by Crippen LogP contribution is 2.49. The molecule has 2 aromatic rings. The Labute approximate surface area is 112 Å². The SMILES string of the molecule is Cc1ccccc1-c1cccc(C2(C(=O)O)CC2)c1. The molecular formula is C17H16O2. The van der Waals surface area contributed by atoms with Gasteiger partial charge in [0, 0.05) is 0 Å². The molecule has 2 heteroatoms. The van der Waals surface area contributed by atoms with E-state index in [1.54, 1.807) is 0 Å². The highest BCUT2D eigenvalue weighted by molar-refractivity contribution is 5.85. The summed E-state index contributed by atoms with van der Waals surface area (Å²) in [4.78, 5) is 11.4. The van der Waals surface area contributed by atoms with E-state index in [0.29, 0.717) is 0 Å². The first-order valence-electron chi connectivity index (χ1n) is 6.53. The van der Waals surface area contributed by atoms with Crippen LogP contribution in [0.3, 0.4) is 0 Å². The third-order valence-electron chi connectivity index (χ3n) is 4.03. The van der Waals surface area contributed by atoms with Gasteiger partial charge < -0.3 is 5.11 Å². The molecule has 1 aliphatic carbocycles. The molecule has 1 saturated carbocycles. The van der Waals surface area contributed by atoms with Crippen LogP contribution in [-0.4, -0.2) is 11.1 Å². The van der Waals surface area contributed by atoms with Gasteiger partial charge in [-0.25, -0.2) is 0 Å². The fourth-order valence-corrected chi connectivity index (χ4v) is 2.63. The molecule has 0 aliphatic heterocycles. The van der Waals surface area contributed by atoms with Crippen molar-refractivity contribution in [2.45, 2.75) is 25.2 Å². The average Bonchev–Trinajstić information content (AvgIpc) is 3.21. The number of aryl methyl sites for hydroxylation is 1. The molecule has 2 nitrogen and oxygen atoms in total. The van der Waals surface area contributed by atoms with E-state index in [1.807, 2.05) is 36.4 Å². The van der Waals surface area contributed by atoms with Crippen molar-refractivity contribution in [3.63, 3.8) is 0 Å². The second-order valence-corrected chi connectivity index (χ2v) is 5.28. The van der Waals surface area contributed by atoms with Gasteiger partial charge in [-0.05, 0) is 48.1 Å². The summed E-state index contributed by atoms with van der Waals surface area (Å²) >= 11 is 0. The number of carboxylic acid groups (broad SMARTS) is 1. The molecule has 2 aromatic carbocycles. The molecule has 0 radical (unpaired) electrons. The molecule has 0 atom stereocenters. The largest absolute Gasteiger partial charge is 0.481 e. The molecule has 0 saturated heterocycles. The molecule has 1 aliphatic rings. The second-order valence-electron chi connectivity index (χ2n) is 5.28. The van der Waals surface area contributed by atoms with Crippen LogP contribution in [0.2, 0.25) is 0 Å². The highest BCUT2D eigenvalue weighted by atomic mass is 16.4. The van der Waals surface area contributed by atoms with Gasteiger partial charge in [0.1, 0.15) is 0 Å². The zero-order valence-corrected chi connectivity index (χ0v) is 10.9. The van der Waals surface area contributed by atoms with E-state index < -0.39 is 11.4 Å². The van der Waals surface area contributed by atoms with Crippen LogP contribution >= 0.6 is 0 Å². The molecular weight excluding hydrogens is 236 g/mol. The predicted molar refractivity (Wildman–Crippen MR) is 75.2 cm³/mol. The minimum atomic E-state index is -0.700. The topological polar surface area (TPSA) is 37.3 Å². The number of hydrogen-bond acceptors (Lipinski definition) is 1. The van der Waals surface area contributed by atoms with Crippen molar-refractivity contribution in [1.82, 2.24) is 0 Å². The van der Waals surface area contributed by atoms with Crippen molar-refractivity contribution >= 4 is 5.97 Å². The maximum atomic E-state index is 11.4. The summed E-state index contributed by atoms with van der Waals surface area (Å²) in [5.74, 6) is -0.700. The number of aliphatic carboxylic acids is 1. The lowest BCUT2D eigenvalue weighted by molar-refractivity contribution is -0.140. The number of benzene rings is 2. The molecule has 19 heavy (non-hydrogen) atoms. The minimum absolute atomic E-state index is 0.626. The summed E-state index contributed by atoms with van der Waals surface area (Å²) in [6, 6.07) is 16.2. The van der Waals surface area contributed by atoms with E-state index in [2.05, 4.69) is 19.1 Å². The van der Waals surface area contributed by atoms with Crippen molar-refractivity contribution in [3.8, 4) is 11.1 Å². The van der Waals surface area contributed by atoms with E-state index in [9.17, 15) is 9.90 Å². The average molecular weight is 252 g/mol. The predicted octanol–water partition coefficient (Wildman–Crippen LogP) is 3.78. The summed E-state index contributed by atoms with van der Waals surface area (Å²) in [7, 11) is 0. The molecule has 96 valence electrons. The maximum absolute atomic E-state index is 11.4. The van der Waals surface area contributed by atoms with Gasteiger partial charge in [0.2, 0.25) is 0 Å². The first kappa shape index (κ1) is 12.0. The van der Waals surface area contributed by atoms with Crippen LogP contribution < -0.4 is 0 Å². The summed E-state index contributed by atoms with van der Waals surface area (Å²) < 4.78 is 0. The minimum Gasteiger partial charge on any atom is -0.481 e. The summed E-state index contributed by atoms with van der Waals surface area (Å²) in [5.41, 5.74) is 3.79. The maximum Gasteiger partial charge on any atom is 0.314 e. The van der Waals surface area contributed by atoms with Gasteiger partial charge in [-0.15, -0.1) is 0 Å². The molecule has 1 fully saturated rings. The van der Waals surface area contributed by atoms with Gasteiger partial charge in [0.05, 0.1) is 5.41 Å². The van der Waals surface area contributed by atoms with Crippen molar-refractivity contribution in [2.24, 2.45) is 0 Å². The Morgan fingerprint density at radius 3 is 2.47 bits per heavy atom. The molecule has 3 rings (SSSR count). The monoisotopic (exact) mass is 252 g/mol. The lowest BCUT2D eigenvalue weighted by atomic mass is 9.91. The van der Waals surface area contributed by atoms with Gasteiger partial charge in [0.25, 0.3) is 0 Å². The van der Waals surface area contributed by atoms with Crippen molar-refractivity contribution < 1.29 is 9.90 Å². The van der Waals surface area contributed by atoms with Gasteiger partial charge in [-0.1, -0.05) is 42.5 Å². The number of hydrogen-bond donors (Lipinski definition) is 1. The lowest BCUT2D eigenvalue weighted by Crippen LogP contribution is -2.19. The van der Waals surface area contributed by atoms with Crippen LogP contribution in [0.1, 0.15) is 24.0 Å². The van der Waals surface area contributed by atoms with Crippen LogP contribution in [0.4, 0.5) is 0 Å². The van der Waals surface area contributed by atoms with E-state index in [1.165, 1.54) is 11.1 Å². The standard InChI is InChI=1S/C17H16O2/c1-12-5-2-3-8-15(12)13-6-4-7-14(11-13)17(9-10-17)16(18)19/h2-8,11H,9-10H2,1H3,(H,18,19). The number of carboxylic acids is 1. The lowest BCUT2D eigenvalue weighted by Gasteiger charge is -2.13. The van der Waals surface area contributed by atoms with E-state index >= 15 is 0 Å². The Morgan fingerprint density at radius 2 is 1.84 bits per heavy atom. The second kappa shape index (κ2) is 4.23. The molecule has 0 aromatic heterocycles. The van der Waals surface area contributed by atoms with E-state index in [4.69, 9.17) is 0 Å².